The summed E-state index contributed by atoms with van der Waals surface area (Å²) in [7, 11) is 1.43. The number of methoxy groups -OCH3 is 1. The number of allylic oxidation sites excluding steroid dienone is 4. The van der Waals surface area contributed by atoms with Gasteiger partial charge in [-0.25, -0.2) is 0 Å². The fraction of sp³-hybridized carbons (Fsp3) is 0.737. The third-order valence-electron chi connectivity index (χ3n) is 3.55. The molecule has 0 aliphatic carbocycles. The van der Waals surface area contributed by atoms with E-state index < -0.39 is 0 Å². The molecule has 0 saturated heterocycles. The van der Waals surface area contributed by atoms with E-state index in [4.69, 9.17) is 0 Å². The lowest BCUT2D eigenvalue weighted by Gasteiger charge is -1.98. The van der Waals surface area contributed by atoms with Crippen LogP contribution in [-0.2, 0) is 9.53 Å². The maximum atomic E-state index is 10.9. The van der Waals surface area contributed by atoms with Crippen LogP contribution in [0.25, 0.3) is 0 Å². The Labute approximate surface area is 131 Å². The van der Waals surface area contributed by atoms with Gasteiger partial charge in [-0.05, 0) is 32.1 Å². The number of rotatable bonds is 14. The Hall–Kier alpha value is -1.05. The molecule has 0 saturated carbocycles. The van der Waals surface area contributed by atoms with Crippen molar-refractivity contribution in [3.63, 3.8) is 0 Å². The topological polar surface area (TPSA) is 26.3 Å². The molecule has 0 heterocycles. The van der Waals surface area contributed by atoms with Crippen molar-refractivity contribution in [3.8, 4) is 0 Å². The molecule has 0 rings (SSSR count). The summed E-state index contributed by atoms with van der Waals surface area (Å²) in [6.07, 6.45) is 23.1. The average Bonchev–Trinajstić information content (AvgIpc) is 2.50. The number of carbonyl (C=O) groups is 1. The first-order valence-electron chi connectivity index (χ1n) is 8.68. The van der Waals surface area contributed by atoms with Crippen LogP contribution in [-0.4, -0.2) is 13.1 Å². The minimum absolute atomic E-state index is 0.130. The van der Waals surface area contributed by atoms with Crippen LogP contribution in [0, 0.1) is 0 Å². The largest absolute Gasteiger partial charge is 0.469 e. The van der Waals surface area contributed by atoms with E-state index in [-0.39, 0.29) is 5.97 Å². The van der Waals surface area contributed by atoms with E-state index in [1.807, 2.05) is 0 Å². The molecular formula is C19H34O2. The van der Waals surface area contributed by atoms with E-state index in [0.29, 0.717) is 6.42 Å². The SMILES string of the molecule is CCCCCCCCCC=CCCC=CCCC(=O)OC. The molecule has 0 spiro atoms. The van der Waals surface area contributed by atoms with Gasteiger partial charge in [-0.15, -0.1) is 0 Å². The van der Waals surface area contributed by atoms with Gasteiger partial charge in [0.25, 0.3) is 0 Å². The first-order chi connectivity index (χ1) is 10.3. The lowest BCUT2D eigenvalue weighted by Crippen LogP contribution is -1.97. The molecule has 0 aromatic heterocycles. The molecule has 0 fully saturated rings. The number of hydrogen-bond acceptors (Lipinski definition) is 2. The van der Waals surface area contributed by atoms with Gasteiger partial charge < -0.3 is 4.74 Å². The molecule has 0 aliphatic rings. The van der Waals surface area contributed by atoms with Crippen LogP contribution in [0.4, 0.5) is 0 Å². The van der Waals surface area contributed by atoms with E-state index in [9.17, 15) is 4.79 Å². The van der Waals surface area contributed by atoms with Gasteiger partial charge in [0, 0.05) is 6.42 Å². The highest BCUT2D eigenvalue weighted by atomic mass is 16.5. The highest BCUT2D eigenvalue weighted by molar-refractivity contribution is 5.69. The van der Waals surface area contributed by atoms with Crippen LogP contribution in [0.3, 0.4) is 0 Å². The molecular weight excluding hydrogens is 260 g/mol. The highest BCUT2D eigenvalue weighted by Gasteiger charge is 1.95. The molecule has 0 bridgehead atoms. The van der Waals surface area contributed by atoms with E-state index in [1.165, 1.54) is 58.5 Å². The summed E-state index contributed by atoms with van der Waals surface area (Å²) in [6, 6.07) is 0. The second-order valence-electron chi connectivity index (χ2n) is 5.54. The number of unbranched alkanes of at least 4 members (excludes halogenated alkanes) is 8. The zero-order valence-corrected chi connectivity index (χ0v) is 14.1. The molecule has 0 aromatic carbocycles. The van der Waals surface area contributed by atoms with Crippen LogP contribution in [0.15, 0.2) is 24.3 Å². The molecule has 21 heavy (non-hydrogen) atoms. The Kier molecular flexibility index (Phi) is 16.2. The van der Waals surface area contributed by atoms with Crippen LogP contribution in [0.5, 0.6) is 0 Å². The minimum atomic E-state index is -0.130. The van der Waals surface area contributed by atoms with Gasteiger partial charge in [-0.2, -0.15) is 0 Å². The smallest absolute Gasteiger partial charge is 0.305 e. The van der Waals surface area contributed by atoms with Crippen molar-refractivity contribution in [2.45, 2.75) is 84.0 Å². The van der Waals surface area contributed by atoms with Crippen molar-refractivity contribution in [3.05, 3.63) is 24.3 Å². The fourth-order valence-corrected chi connectivity index (χ4v) is 2.19. The van der Waals surface area contributed by atoms with Crippen LogP contribution in [0.1, 0.15) is 84.0 Å². The van der Waals surface area contributed by atoms with Gasteiger partial charge in [0.1, 0.15) is 0 Å². The standard InChI is InChI=1S/C19H34O2/c1-3-4-5-6-7-8-9-10-11-12-13-14-15-16-17-18-19(20)21-2/h11-12,15-16H,3-10,13-14,17-18H2,1-2H3. The predicted molar refractivity (Wildman–Crippen MR) is 91.4 cm³/mol. The van der Waals surface area contributed by atoms with Crippen LogP contribution < -0.4 is 0 Å². The van der Waals surface area contributed by atoms with Crippen molar-refractivity contribution in [1.82, 2.24) is 0 Å². The summed E-state index contributed by atoms with van der Waals surface area (Å²) in [5.74, 6) is -0.130. The van der Waals surface area contributed by atoms with Crippen molar-refractivity contribution in [1.29, 1.82) is 0 Å². The molecule has 0 aromatic rings. The van der Waals surface area contributed by atoms with Crippen LogP contribution in [0.2, 0.25) is 0 Å². The summed E-state index contributed by atoms with van der Waals surface area (Å²) in [6.45, 7) is 2.26. The van der Waals surface area contributed by atoms with E-state index in [1.54, 1.807) is 0 Å². The summed E-state index contributed by atoms with van der Waals surface area (Å²) in [4.78, 5) is 10.9. The molecule has 2 heteroatoms. The number of ether oxygens (including phenoxy) is 1. The molecule has 0 atom stereocenters. The zero-order valence-electron chi connectivity index (χ0n) is 14.1. The van der Waals surface area contributed by atoms with Crippen molar-refractivity contribution < 1.29 is 9.53 Å². The lowest BCUT2D eigenvalue weighted by atomic mass is 10.1. The maximum absolute atomic E-state index is 10.9. The van der Waals surface area contributed by atoms with Gasteiger partial charge in [0.05, 0.1) is 7.11 Å². The minimum Gasteiger partial charge on any atom is -0.469 e. The summed E-state index contributed by atoms with van der Waals surface area (Å²) in [5, 5.41) is 0. The molecule has 0 unspecified atom stereocenters. The number of hydrogen-bond donors (Lipinski definition) is 0. The van der Waals surface area contributed by atoms with E-state index in [2.05, 4.69) is 36.0 Å². The van der Waals surface area contributed by atoms with Gasteiger partial charge in [-0.1, -0.05) is 69.8 Å². The number of carbonyl (C=O) groups excluding carboxylic acids is 1. The Bertz CT molecular complexity index is 279. The first-order valence-corrected chi connectivity index (χ1v) is 8.68. The maximum Gasteiger partial charge on any atom is 0.305 e. The normalized spacial score (nSPS) is 11.5. The lowest BCUT2D eigenvalue weighted by molar-refractivity contribution is -0.140. The fourth-order valence-electron chi connectivity index (χ4n) is 2.19. The Balaban J connectivity index is 3.22. The summed E-state index contributed by atoms with van der Waals surface area (Å²) >= 11 is 0. The Morgan fingerprint density at radius 2 is 1.29 bits per heavy atom. The third-order valence-corrected chi connectivity index (χ3v) is 3.55. The monoisotopic (exact) mass is 294 g/mol. The number of esters is 1. The molecule has 0 aliphatic heterocycles. The average molecular weight is 294 g/mol. The Morgan fingerprint density at radius 1 is 0.762 bits per heavy atom. The van der Waals surface area contributed by atoms with Crippen molar-refractivity contribution in [2.75, 3.05) is 7.11 Å². The van der Waals surface area contributed by atoms with Crippen molar-refractivity contribution >= 4 is 5.97 Å². The van der Waals surface area contributed by atoms with E-state index in [0.717, 1.165) is 19.3 Å². The van der Waals surface area contributed by atoms with Crippen LogP contribution >= 0.6 is 0 Å². The van der Waals surface area contributed by atoms with Gasteiger partial charge >= 0.3 is 5.97 Å². The van der Waals surface area contributed by atoms with Gasteiger partial charge in [0.15, 0.2) is 0 Å². The predicted octanol–water partition coefficient (Wildman–Crippen LogP) is 5.97. The van der Waals surface area contributed by atoms with Gasteiger partial charge in [0.2, 0.25) is 0 Å². The molecule has 0 N–H and O–H groups in total. The first kappa shape index (κ1) is 19.9. The zero-order chi connectivity index (χ0) is 15.6. The molecule has 122 valence electrons. The van der Waals surface area contributed by atoms with Gasteiger partial charge in [-0.3, -0.25) is 4.79 Å². The molecule has 0 radical (unpaired) electrons. The second-order valence-corrected chi connectivity index (χ2v) is 5.54. The highest BCUT2D eigenvalue weighted by Crippen LogP contribution is 2.09. The van der Waals surface area contributed by atoms with E-state index >= 15 is 0 Å². The quantitative estimate of drug-likeness (QED) is 0.224. The van der Waals surface area contributed by atoms with Crippen molar-refractivity contribution in [2.24, 2.45) is 0 Å². The third kappa shape index (κ3) is 16.9. The second kappa shape index (κ2) is 17.0. The summed E-state index contributed by atoms with van der Waals surface area (Å²) in [5.41, 5.74) is 0. The molecule has 0 amide bonds. The summed E-state index contributed by atoms with van der Waals surface area (Å²) < 4.78 is 4.59. The molecule has 2 nitrogen and oxygen atoms in total. The Morgan fingerprint density at radius 3 is 1.90 bits per heavy atom.